The summed E-state index contributed by atoms with van der Waals surface area (Å²) in [5.41, 5.74) is 0. The van der Waals surface area contributed by atoms with Gasteiger partial charge in [-0.05, 0) is 37.9 Å². The average Bonchev–Trinajstić information content (AvgIpc) is 3.18. The van der Waals surface area contributed by atoms with Crippen LogP contribution in [-0.4, -0.2) is 40.6 Å². The van der Waals surface area contributed by atoms with E-state index in [9.17, 15) is 4.79 Å². The van der Waals surface area contributed by atoms with Gasteiger partial charge in [-0.2, -0.15) is 0 Å². The molecule has 0 bridgehead atoms. The number of likely N-dealkylation sites (N-methyl/N-ethyl adjacent to an activating group) is 1. The molecule has 1 amide bonds. The van der Waals surface area contributed by atoms with Gasteiger partial charge in [0, 0.05) is 6.04 Å². The van der Waals surface area contributed by atoms with Crippen LogP contribution < -0.4 is 5.32 Å². The number of rotatable bonds is 5. The Balaban J connectivity index is 1.55. The molecule has 2 aromatic rings. The summed E-state index contributed by atoms with van der Waals surface area (Å²) in [6.07, 6.45) is 6.42. The Morgan fingerprint density at radius 2 is 2.22 bits per heavy atom. The smallest absolute Gasteiger partial charge is 0.322 e. The predicted molar refractivity (Wildman–Crippen MR) is 84.7 cm³/mol. The Morgan fingerprint density at radius 3 is 2.96 bits per heavy atom. The zero-order chi connectivity index (χ0) is 16.2. The summed E-state index contributed by atoms with van der Waals surface area (Å²) in [7, 11) is 1.99. The highest BCUT2D eigenvalue weighted by molar-refractivity contribution is 5.90. The molecule has 1 saturated carbocycles. The first kappa shape index (κ1) is 15.7. The summed E-state index contributed by atoms with van der Waals surface area (Å²) in [6.45, 7) is 2.57. The number of aromatic nitrogens is 2. The third-order valence-electron chi connectivity index (χ3n) is 4.43. The number of furan rings is 1. The highest BCUT2D eigenvalue weighted by Crippen LogP contribution is 2.27. The average molecular weight is 318 g/mol. The van der Waals surface area contributed by atoms with Crippen LogP contribution in [0.4, 0.5) is 6.01 Å². The number of nitrogens with zero attached hydrogens (tertiary/aromatic N) is 3. The quantitative estimate of drug-likeness (QED) is 0.912. The van der Waals surface area contributed by atoms with E-state index in [0.717, 1.165) is 6.42 Å². The van der Waals surface area contributed by atoms with Gasteiger partial charge in [-0.3, -0.25) is 15.0 Å². The molecule has 0 aliphatic heterocycles. The standard InChI is InChI=1S/C16H22N4O3/c1-11-6-3-4-7-12(11)20(2)10-14(21)17-16-19-18-15(23-16)13-8-5-9-22-13/h5,8-9,11-12H,3-4,6-7,10H2,1-2H3,(H,17,19,21)/t11-,12+/m0/s1. The van der Waals surface area contributed by atoms with Crippen LogP contribution in [-0.2, 0) is 4.79 Å². The van der Waals surface area contributed by atoms with E-state index < -0.39 is 0 Å². The summed E-state index contributed by atoms with van der Waals surface area (Å²) < 4.78 is 10.6. The molecule has 2 heterocycles. The Bertz CT molecular complexity index is 638. The fourth-order valence-electron chi connectivity index (χ4n) is 3.23. The molecule has 1 N–H and O–H groups in total. The van der Waals surface area contributed by atoms with Crippen LogP contribution in [0.3, 0.4) is 0 Å². The number of carbonyl (C=O) groups is 1. The summed E-state index contributed by atoms with van der Waals surface area (Å²) in [6, 6.07) is 4.00. The molecule has 1 aliphatic rings. The van der Waals surface area contributed by atoms with Crippen LogP contribution in [0.25, 0.3) is 11.7 Å². The molecule has 0 saturated heterocycles. The lowest BCUT2D eigenvalue weighted by atomic mass is 9.85. The van der Waals surface area contributed by atoms with E-state index in [0.29, 0.717) is 24.3 Å². The van der Waals surface area contributed by atoms with Gasteiger partial charge < -0.3 is 8.83 Å². The van der Waals surface area contributed by atoms with E-state index in [1.54, 1.807) is 12.1 Å². The molecule has 2 atom stereocenters. The van der Waals surface area contributed by atoms with E-state index in [1.807, 2.05) is 7.05 Å². The van der Waals surface area contributed by atoms with Gasteiger partial charge in [-0.1, -0.05) is 24.9 Å². The van der Waals surface area contributed by atoms with Gasteiger partial charge in [0.25, 0.3) is 5.89 Å². The van der Waals surface area contributed by atoms with Crippen LogP contribution in [0.5, 0.6) is 0 Å². The molecule has 7 nitrogen and oxygen atoms in total. The molecule has 1 fully saturated rings. The zero-order valence-corrected chi connectivity index (χ0v) is 13.5. The highest BCUT2D eigenvalue weighted by atomic mass is 16.4. The topological polar surface area (TPSA) is 84.4 Å². The Hall–Kier alpha value is -2.15. The Labute approximate surface area is 135 Å². The minimum absolute atomic E-state index is 0.0893. The fourth-order valence-corrected chi connectivity index (χ4v) is 3.23. The van der Waals surface area contributed by atoms with E-state index in [2.05, 4.69) is 27.3 Å². The van der Waals surface area contributed by atoms with Crippen LogP contribution in [0, 0.1) is 5.92 Å². The molecular formula is C16H22N4O3. The lowest BCUT2D eigenvalue weighted by molar-refractivity contribution is -0.118. The first-order valence-electron chi connectivity index (χ1n) is 8.01. The summed E-state index contributed by atoms with van der Waals surface area (Å²) in [5, 5.41) is 10.3. The second-order valence-corrected chi connectivity index (χ2v) is 6.18. The first-order valence-corrected chi connectivity index (χ1v) is 8.01. The van der Waals surface area contributed by atoms with Gasteiger partial charge in [0.05, 0.1) is 12.8 Å². The van der Waals surface area contributed by atoms with Crippen LogP contribution in [0.1, 0.15) is 32.6 Å². The molecule has 0 aromatic carbocycles. The van der Waals surface area contributed by atoms with Gasteiger partial charge in [0.2, 0.25) is 5.91 Å². The van der Waals surface area contributed by atoms with Crippen molar-refractivity contribution in [1.82, 2.24) is 15.1 Å². The highest BCUT2D eigenvalue weighted by Gasteiger charge is 2.26. The normalized spacial score (nSPS) is 21.5. The molecular weight excluding hydrogens is 296 g/mol. The third-order valence-corrected chi connectivity index (χ3v) is 4.43. The Morgan fingerprint density at radius 1 is 1.39 bits per heavy atom. The third kappa shape index (κ3) is 3.79. The number of amides is 1. The SMILES string of the molecule is C[C@H]1CCCC[C@H]1N(C)CC(=O)Nc1nnc(-c2ccco2)o1. The molecule has 2 aromatic heterocycles. The minimum atomic E-state index is -0.153. The van der Waals surface area contributed by atoms with Crippen LogP contribution in [0.15, 0.2) is 27.2 Å². The van der Waals surface area contributed by atoms with Crippen molar-refractivity contribution in [3.8, 4) is 11.7 Å². The molecule has 23 heavy (non-hydrogen) atoms. The van der Waals surface area contributed by atoms with Gasteiger partial charge in [-0.25, -0.2) is 0 Å². The number of hydrogen-bond acceptors (Lipinski definition) is 6. The van der Waals surface area contributed by atoms with Crippen molar-refractivity contribution in [1.29, 1.82) is 0 Å². The molecule has 3 rings (SSSR count). The van der Waals surface area contributed by atoms with E-state index in [1.165, 1.54) is 25.5 Å². The van der Waals surface area contributed by atoms with Crippen LogP contribution >= 0.6 is 0 Å². The Kier molecular flexibility index (Phi) is 4.76. The van der Waals surface area contributed by atoms with Gasteiger partial charge in [0.15, 0.2) is 5.76 Å². The molecule has 7 heteroatoms. The maximum Gasteiger partial charge on any atom is 0.322 e. The number of anilines is 1. The largest absolute Gasteiger partial charge is 0.459 e. The van der Waals surface area contributed by atoms with Crippen molar-refractivity contribution >= 4 is 11.9 Å². The number of hydrogen-bond donors (Lipinski definition) is 1. The van der Waals surface area contributed by atoms with Gasteiger partial charge in [0.1, 0.15) is 0 Å². The maximum absolute atomic E-state index is 12.2. The van der Waals surface area contributed by atoms with Crippen molar-refractivity contribution in [2.24, 2.45) is 5.92 Å². The molecule has 0 spiro atoms. The fraction of sp³-hybridized carbons (Fsp3) is 0.562. The number of carbonyl (C=O) groups excluding carboxylic acids is 1. The minimum Gasteiger partial charge on any atom is -0.459 e. The van der Waals surface area contributed by atoms with E-state index in [4.69, 9.17) is 8.83 Å². The van der Waals surface area contributed by atoms with Gasteiger partial charge >= 0.3 is 6.01 Å². The monoisotopic (exact) mass is 318 g/mol. The molecule has 124 valence electrons. The maximum atomic E-state index is 12.2. The van der Waals surface area contributed by atoms with E-state index >= 15 is 0 Å². The zero-order valence-electron chi connectivity index (χ0n) is 13.5. The first-order chi connectivity index (χ1) is 11.1. The second kappa shape index (κ2) is 6.95. The molecule has 0 radical (unpaired) electrons. The molecule has 0 unspecified atom stereocenters. The summed E-state index contributed by atoms with van der Waals surface area (Å²) >= 11 is 0. The number of nitrogens with one attached hydrogen (secondary N) is 1. The van der Waals surface area contributed by atoms with Crippen molar-refractivity contribution in [2.45, 2.75) is 38.6 Å². The lowest BCUT2D eigenvalue weighted by Gasteiger charge is -2.35. The van der Waals surface area contributed by atoms with Gasteiger partial charge in [-0.15, -0.1) is 5.10 Å². The predicted octanol–water partition coefficient (Wildman–Crippen LogP) is 2.78. The summed E-state index contributed by atoms with van der Waals surface area (Å²) in [4.78, 5) is 14.3. The molecule has 1 aliphatic carbocycles. The van der Waals surface area contributed by atoms with Crippen molar-refractivity contribution in [3.05, 3.63) is 18.4 Å². The second-order valence-electron chi connectivity index (χ2n) is 6.18. The summed E-state index contributed by atoms with van der Waals surface area (Å²) in [5.74, 6) is 1.20. The van der Waals surface area contributed by atoms with Crippen molar-refractivity contribution < 1.29 is 13.6 Å². The van der Waals surface area contributed by atoms with Crippen LogP contribution in [0.2, 0.25) is 0 Å². The lowest BCUT2D eigenvalue weighted by Crippen LogP contribution is -2.42. The van der Waals surface area contributed by atoms with Crippen molar-refractivity contribution in [2.75, 3.05) is 18.9 Å². The van der Waals surface area contributed by atoms with E-state index in [-0.39, 0.29) is 17.8 Å². The van der Waals surface area contributed by atoms with Crippen molar-refractivity contribution in [3.63, 3.8) is 0 Å².